The summed E-state index contributed by atoms with van der Waals surface area (Å²) in [5.74, 6) is -0.259. The number of piperazine rings is 1. The number of benzene rings is 3. The standard InChI is InChI=1S/C38H40N6O4/c1-26(45)39-32-12-8-28(9-13-32)35-24-31(25-36(41-35)29-10-14-33(15-11-29)40-27(2)46)38(48)44-22-20-42(21-23-44)34-16-18-43(19-17-34)37(47)30-6-4-3-5-7-30/h3-15,24-25,34H,16-23H2,1-2H3,(H,39,45)(H,40,46). The topological polar surface area (TPSA) is 115 Å². The van der Waals surface area contributed by atoms with E-state index in [-0.39, 0.29) is 23.6 Å². The maximum Gasteiger partial charge on any atom is 0.254 e. The summed E-state index contributed by atoms with van der Waals surface area (Å²) in [5.41, 5.74) is 5.56. The molecule has 2 aliphatic rings. The third-order valence-corrected chi connectivity index (χ3v) is 8.96. The van der Waals surface area contributed by atoms with Crippen molar-refractivity contribution in [3.05, 3.63) is 102 Å². The highest BCUT2D eigenvalue weighted by Crippen LogP contribution is 2.28. The largest absolute Gasteiger partial charge is 0.339 e. The summed E-state index contributed by atoms with van der Waals surface area (Å²) in [7, 11) is 0. The van der Waals surface area contributed by atoms with E-state index in [0.29, 0.717) is 47.5 Å². The van der Waals surface area contributed by atoms with Gasteiger partial charge >= 0.3 is 0 Å². The first-order chi connectivity index (χ1) is 23.2. The van der Waals surface area contributed by atoms with E-state index in [1.54, 1.807) is 0 Å². The number of likely N-dealkylation sites (tertiary alicyclic amines) is 1. The van der Waals surface area contributed by atoms with E-state index in [0.717, 1.165) is 55.7 Å². The number of carbonyl (C=O) groups excluding carboxylic acids is 4. The Morgan fingerprint density at radius 1 is 0.583 bits per heavy atom. The fraction of sp³-hybridized carbons (Fsp3) is 0.289. The Hall–Kier alpha value is -5.35. The first-order valence-electron chi connectivity index (χ1n) is 16.4. The highest BCUT2D eigenvalue weighted by molar-refractivity contribution is 5.97. The number of pyridine rings is 1. The third-order valence-electron chi connectivity index (χ3n) is 8.96. The van der Waals surface area contributed by atoms with Gasteiger partial charge < -0.3 is 20.4 Å². The van der Waals surface area contributed by atoms with Gasteiger partial charge in [-0.05, 0) is 61.4 Å². The molecule has 0 saturated carbocycles. The monoisotopic (exact) mass is 644 g/mol. The summed E-state index contributed by atoms with van der Waals surface area (Å²) in [6, 6.07) is 28.3. The molecule has 2 N–H and O–H groups in total. The maximum absolute atomic E-state index is 14.0. The van der Waals surface area contributed by atoms with Gasteiger partial charge in [-0.15, -0.1) is 0 Å². The Kier molecular flexibility index (Phi) is 9.91. The molecule has 4 aromatic rings. The average molecular weight is 645 g/mol. The third kappa shape index (κ3) is 7.78. The summed E-state index contributed by atoms with van der Waals surface area (Å²) < 4.78 is 0. The van der Waals surface area contributed by atoms with Crippen molar-refractivity contribution in [3.63, 3.8) is 0 Å². The Morgan fingerprint density at radius 2 is 1.04 bits per heavy atom. The lowest BCUT2D eigenvalue weighted by Crippen LogP contribution is -2.54. The lowest BCUT2D eigenvalue weighted by molar-refractivity contribution is -0.115. The lowest BCUT2D eigenvalue weighted by Gasteiger charge is -2.42. The SMILES string of the molecule is CC(=O)Nc1ccc(-c2cc(C(=O)N3CCN(C4CCN(C(=O)c5ccccc5)CC4)CC3)cc(-c3ccc(NC(C)=O)cc3)n2)cc1. The number of piperidine rings is 1. The van der Waals surface area contributed by atoms with Gasteiger partial charge in [0.05, 0.1) is 11.4 Å². The van der Waals surface area contributed by atoms with Gasteiger partial charge in [0.2, 0.25) is 11.8 Å². The molecule has 0 bridgehead atoms. The Balaban J connectivity index is 1.15. The van der Waals surface area contributed by atoms with Crippen LogP contribution in [-0.2, 0) is 9.59 Å². The van der Waals surface area contributed by atoms with Crippen LogP contribution in [0.25, 0.3) is 22.5 Å². The molecular weight excluding hydrogens is 604 g/mol. The van der Waals surface area contributed by atoms with Crippen LogP contribution in [-0.4, -0.2) is 88.6 Å². The van der Waals surface area contributed by atoms with Crippen molar-refractivity contribution in [1.29, 1.82) is 0 Å². The first kappa shape index (κ1) is 32.6. The Bertz CT molecular complexity index is 1700. The van der Waals surface area contributed by atoms with E-state index in [1.807, 2.05) is 101 Å². The molecule has 0 aliphatic carbocycles. The minimum atomic E-state index is -0.151. The van der Waals surface area contributed by atoms with Crippen LogP contribution in [0.15, 0.2) is 91.0 Å². The number of aromatic nitrogens is 1. The number of amides is 4. The number of nitrogens with one attached hydrogen (secondary N) is 2. The molecule has 3 heterocycles. The summed E-state index contributed by atoms with van der Waals surface area (Å²) in [6.45, 7) is 7.19. The van der Waals surface area contributed by atoms with Gasteiger partial charge in [-0.3, -0.25) is 24.1 Å². The van der Waals surface area contributed by atoms with Crippen molar-refractivity contribution in [2.45, 2.75) is 32.7 Å². The molecule has 0 radical (unpaired) electrons. The van der Waals surface area contributed by atoms with E-state index >= 15 is 0 Å². The highest BCUT2D eigenvalue weighted by Gasteiger charge is 2.31. The summed E-state index contributed by atoms with van der Waals surface area (Å²) >= 11 is 0. The minimum absolute atomic E-state index is 0.0486. The molecular formula is C38H40N6O4. The molecule has 4 amide bonds. The molecule has 0 unspecified atom stereocenters. The molecule has 1 aromatic heterocycles. The van der Waals surface area contributed by atoms with Crippen molar-refractivity contribution in [3.8, 4) is 22.5 Å². The van der Waals surface area contributed by atoms with E-state index in [4.69, 9.17) is 4.98 Å². The smallest absolute Gasteiger partial charge is 0.254 e. The number of rotatable bonds is 7. The predicted molar refractivity (Wildman–Crippen MR) is 187 cm³/mol. The summed E-state index contributed by atoms with van der Waals surface area (Å²) in [5, 5.41) is 5.56. The van der Waals surface area contributed by atoms with Crippen molar-refractivity contribution in [2.75, 3.05) is 49.9 Å². The van der Waals surface area contributed by atoms with Crippen LogP contribution in [0.3, 0.4) is 0 Å². The Morgan fingerprint density at radius 3 is 1.52 bits per heavy atom. The average Bonchev–Trinajstić information content (AvgIpc) is 3.11. The molecule has 10 nitrogen and oxygen atoms in total. The molecule has 10 heteroatoms. The number of nitrogens with zero attached hydrogens (tertiary/aromatic N) is 4. The van der Waals surface area contributed by atoms with Gasteiger partial charge in [-0.2, -0.15) is 0 Å². The number of carbonyl (C=O) groups is 4. The van der Waals surface area contributed by atoms with Crippen molar-refractivity contribution < 1.29 is 19.2 Å². The molecule has 2 saturated heterocycles. The highest BCUT2D eigenvalue weighted by atomic mass is 16.2. The van der Waals surface area contributed by atoms with E-state index in [2.05, 4.69) is 15.5 Å². The van der Waals surface area contributed by atoms with Gasteiger partial charge in [0.25, 0.3) is 11.8 Å². The van der Waals surface area contributed by atoms with Gasteiger partial charge in [0.1, 0.15) is 0 Å². The van der Waals surface area contributed by atoms with Gasteiger partial charge in [-0.25, -0.2) is 4.98 Å². The van der Waals surface area contributed by atoms with Crippen LogP contribution in [0.5, 0.6) is 0 Å². The zero-order valence-corrected chi connectivity index (χ0v) is 27.3. The van der Waals surface area contributed by atoms with Crippen LogP contribution in [0.2, 0.25) is 0 Å². The first-order valence-corrected chi connectivity index (χ1v) is 16.4. The van der Waals surface area contributed by atoms with Crippen molar-refractivity contribution in [2.24, 2.45) is 0 Å². The Labute approximate surface area is 280 Å². The zero-order chi connectivity index (χ0) is 33.6. The number of anilines is 2. The van der Waals surface area contributed by atoms with E-state index in [1.165, 1.54) is 13.8 Å². The molecule has 48 heavy (non-hydrogen) atoms. The molecule has 6 rings (SSSR count). The summed E-state index contributed by atoms with van der Waals surface area (Å²) in [6.07, 6.45) is 1.84. The molecule has 0 atom stereocenters. The molecule has 3 aromatic carbocycles. The zero-order valence-electron chi connectivity index (χ0n) is 27.3. The fourth-order valence-corrected chi connectivity index (χ4v) is 6.48. The molecule has 246 valence electrons. The van der Waals surface area contributed by atoms with Gasteiger partial charge in [0, 0.05) is 92.8 Å². The number of hydrogen-bond acceptors (Lipinski definition) is 6. The molecule has 2 aliphatic heterocycles. The second-order valence-corrected chi connectivity index (χ2v) is 12.4. The van der Waals surface area contributed by atoms with E-state index < -0.39 is 0 Å². The number of hydrogen-bond donors (Lipinski definition) is 2. The minimum Gasteiger partial charge on any atom is -0.339 e. The normalized spacial score (nSPS) is 15.5. The lowest BCUT2D eigenvalue weighted by atomic mass is 10.0. The maximum atomic E-state index is 14.0. The van der Waals surface area contributed by atoms with Crippen molar-refractivity contribution in [1.82, 2.24) is 19.7 Å². The quantitative estimate of drug-likeness (QED) is 0.279. The van der Waals surface area contributed by atoms with E-state index in [9.17, 15) is 19.2 Å². The fourth-order valence-electron chi connectivity index (χ4n) is 6.48. The van der Waals surface area contributed by atoms with Gasteiger partial charge in [0.15, 0.2) is 0 Å². The van der Waals surface area contributed by atoms with Crippen LogP contribution < -0.4 is 10.6 Å². The van der Waals surface area contributed by atoms with Crippen molar-refractivity contribution >= 4 is 35.0 Å². The molecule has 2 fully saturated rings. The second-order valence-electron chi connectivity index (χ2n) is 12.4. The van der Waals surface area contributed by atoms with Crippen LogP contribution in [0, 0.1) is 0 Å². The second kappa shape index (κ2) is 14.6. The van der Waals surface area contributed by atoms with Crippen LogP contribution in [0.4, 0.5) is 11.4 Å². The van der Waals surface area contributed by atoms with Gasteiger partial charge in [-0.1, -0.05) is 42.5 Å². The van der Waals surface area contributed by atoms with Crippen LogP contribution in [0.1, 0.15) is 47.4 Å². The van der Waals surface area contributed by atoms with Crippen LogP contribution >= 0.6 is 0 Å². The predicted octanol–water partition coefficient (Wildman–Crippen LogP) is 5.40. The summed E-state index contributed by atoms with van der Waals surface area (Å²) in [4.78, 5) is 61.2. The molecule has 0 spiro atoms.